The highest BCUT2D eigenvalue weighted by molar-refractivity contribution is 14.1. The summed E-state index contributed by atoms with van der Waals surface area (Å²) < 4.78 is -0.456. The lowest BCUT2D eigenvalue weighted by atomic mass is 10.9. The molecule has 0 saturated carbocycles. The molecule has 0 bridgehead atoms. The molecule has 0 fully saturated rings. The van der Waals surface area contributed by atoms with E-state index < -0.39 is 4.11 Å². The molecule has 1 N–H and O–H groups in total. The quantitative estimate of drug-likeness (QED) is 0.384. The summed E-state index contributed by atoms with van der Waals surface area (Å²) in [7, 11) is 0. The molecular weight excluding hydrogens is 199 g/mol. The number of aliphatic hydroxyl groups is 1. The zero-order valence-corrected chi connectivity index (χ0v) is 5.36. The fourth-order valence-electron chi connectivity index (χ4n) is 0. The van der Waals surface area contributed by atoms with E-state index in [0.717, 1.165) is 0 Å². The highest BCUT2D eigenvalue weighted by atomic mass is 127. The van der Waals surface area contributed by atoms with E-state index in [1.54, 1.807) is 22.6 Å². The molecule has 0 aliphatic carbocycles. The maximum Gasteiger partial charge on any atom is 0.133 e. The van der Waals surface area contributed by atoms with Crippen molar-refractivity contribution in [1.82, 2.24) is 0 Å². The van der Waals surface area contributed by atoms with Gasteiger partial charge in [0.2, 0.25) is 0 Å². The van der Waals surface area contributed by atoms with Gasteiger partial charge in [-0.25, -0.2) is 0 Å². The van der Waals surface area contributed by atoms with Crippen LogP contribution in [0, 0.1) is 0 Å². The second kappa shape index (κ2) is 2.99. The van der Waals surface area contributed by atoms with Gasteiger partial charge in [0, 0.05) is 5.37 Å². The molecule has 0 spiro atoms. The van der Waals surface area contributed by atoms with Crippen molar-refractivity contribution in [2.45, 2.75) is 4.11 Å². The Balaban J connectivity index is 2.83. The van der Waals surface area contributed by atoms with E-state index in [4.69, 9.17) is 5.11 Å². The molecule has 0 aliphatic rings. The minimum absolute atomic E-state index is 0.456. The lowest BCUT2D eigenvalue weighted by molar-refractivity contribution is 0.346. The van der Waals surface area contributed by atoms with Gasteiger partial charge >= 0.3 is 0 Å². The second-order valence-electron chi connectivity index (χ2n) is 0.509. The molecule has 0 aromatic rings. The van der Waals surface area contributed by atoms with Crippen molar-refractivity contribution in [3.63, 3.8) is 0 Å². The molecule has 0 aromatic heterocycles. The summed E-state index contributed by atoms with van der Waals surface area (Å²) in [6.07, 6.45) is 0. The predicted molar refractivity (Wildman–Crippen MR) is 33.7 cm³/mol. The molecular formula is C2H3IOS. The molecule has 5 heavy (non-hydrogen) atoms. The van der Waals surface area contributed by atoms with Crippen LogP contribution in [0.5, 0.6) is 0 Å². The molecule has 1 atom stereocenters. The van der Waals surface area contributed by atoms with Crippen LogP contribution in [0.15, 0.2) is 0 Å². The smallest absolute Gasteiger partial charge is 0.133 e. The SMILES string of the molecule is OC(I)C=S. The molecule has 0 aromatic carbocycles. The molecule has 0 aliphatic heterocycles. The van der Waals surface area contributed by atoms with E-state index in [0.29, 0.717) is 0 Å². The summed E-state index contributed by atoms with van der Waals surface area (Å²) in [6, 6.07) is 0. The fraction of sp³-hybridized carbons (Fsp3) is 0.500. The standard InChI is InChI=1S/C2H3IOS/c3-2(4)1-5/h1-2,4H. The number of hydrogen-bond donors (Lipinski definition) is 1. The number of hydrogen-bond acceptors (Lipinski definition) is 2. The third-order valence-corrected chi connectivity index (χ3v) is 1.22. The molecule has 0 amide bonds. The molecule has 0 radical (unpaired) electrons. The monoisotopic (exact) mass is 202 g/mol. The topological polar surface area (TPSA) is 20.2 Å². The van der Waals surface area contributed by atoms with Gasteiger partial charge in [0.1, 0.15) is 4.11 Å². The Bertz CT molecular complexity index is 36.6. The van der Waals surface area contributed by atoms with Gasteiger partial charge in [-0.1, -0.05) is 12.2 Å². The molecule has 3 heteroatoms. The number of rotatable bonds is 1. The number of halogens is 1. The van der Waals surface area contributed by atoms with Crippen molar-refractivity contribution >= 4 is 40.2 Å². The van der Waals surface area contributed by atoms with E-state index in [2.05, 4.69) is 12.2 Å². The predicted octanol–water partition coefficient (Wildman–Crippen LogP) is 0.740. The van der Waals surface area contributed by atoms with Crippen LogP contribution in [0.4, 0.5) is 0 Å². The van der Waals surface area contributed by atoms with E-state index in [-0.39, 0.29) is 0 Å². The van der Waals surface area contributed by atoms with Crippen LogP contribution >= 0.6 is 34.8 Å². The van der Waals surface area contributed by atoms with E-state index in [9.17, 15) is 0 Å². The molecule has 0 saturated heterocycles. The van der Waals surface area contributed by atoms with E-state index >= 15 is 0 Å². The van der Waals surface area contributed by atoms with Gasteiger partial charge < -0.3 is 5.11 Å². The minimum Gasteiger partial charge on any atom is -0.378 e. The first-order chi connectivity index (χ1) is 2.27. The maximum atomic E-state index is 8.19. The molecule has 0 rings (SSSR count). The van der Waals surface area contributed by atoms with Crippen LogP contribution < -0.4 is 0 Å². The zero-order chi connectivity index (χ0) is 4.28. The summed E-state index contributed by atoms with van der Waals surface area (Å²) in [6.45, 7) is 0. The van der Waals surface area contributed by atoms with Gasteiger partial charge in [0.15, 0.2) is 0 Å². The van der Waals surface area contributed by atoms with Crippen LogP contribution in [0.2, 0.25) is 0 Å². The van der Waals surface area contributed by atoms with Gasteiger partial charge in [-0.15, -0.1) is 0 Å². The van der Waals surface area contributed by atoms with Crippen molar-refractivity contribution in [3.05, 3.63) is 0 Å². The first-order valence-corrected chi connectivity index (χ1v) is 2.76. The number of alkyl halides is 1. The summed E-state index contributed by atoms with van der Waals surface area (Å²) in [5.74, 6) is 0. The van der Waals surface area contributed by atoms with Gasteiger partial charge in [-0.3, -0.25) is 0 Å². The summed E-state index contributed by atoms with van der Waals surface area (Å²) >= 11 is 6.10. The Morgan fingerprint density at radius 2 is 2.20 bits per heavy atom. The molecule has 0 heterocycles. The molecule has 1 nitrogen and oxygen atoms in total. The normalized spacial score (nSPS) is 14.0. The Hall–Kier alpha value is 0.780. The van der Waals surface area contributed by atoms with E-state index in [1.165, 1.54) is 5.37 Å². The van der Waals surface area contributed by atoms with Gasteiger partial charge in [-0.2, -0.15) is 0 Å². The first-order valence-electron chi connectivity index (χ1n) is 1.05. The van der Waals surface area contributed by atoms with E-state index in [1.807, 2.05) is 0 Å². The molecule has 1 unspecified atom stereocenters. The van der Waals surface area contributed by atoms with Crippen LogP contribution in [-0.2, 0) is 0 Å². The highest BCUT2D eigenvalue weighted by Gasteiger charge is 1.80. The van der Waals surface area contributed by atoms with Crippen LogP contribution in [0.25, 0.3) is 0 Å². The Morgan fingerprint density at radius 1 is 2.00 bits per heavy atom. The zero-order valence-electron chi connectivity index (χ0n) is 2.39. The number of thiocarbonyl (C=S) groups is 1. The number of aliphatic hydroxyl groups excluding tert-OH is 1. The highest BCUT2D eigenvalue weighted by Crippen LogP contribution is 1.86. The Morgan fingerprint density at radius 3 is 2.20 bits per heavy atom. The summed E-state index contributed by atoms with van der Waals surface area (Å²) in [5, 5.41) is 9.48. The average Bonchev–Trinajstić information content (AvgIpc) is 1.38. The first kappa shape index (κ1) is 5.78. The van der Waals surface area contributed by atoms with Crippen LogP contribution in [0.3, 0.4) is 0 Å². The third kappa shape index (κ3) is 4.78. The average molecular weight is 202 g/mol. The van der Waals surface area contributed by atoms with Crippen molar-refractivity contribution in [3.8, 4) is 0 Å². The van der Waals surface area contributed by atoms with Gasteiger partial charge in [0.05, 0.1) is 0 Å². The summed E-state index contributed by atoms with van der Waals surface area (Å²) in [5.41, 5.74) is 0. The van der Waals surface area contributed by atoms with Crippen LogP contribution in [0.1, 0.15) is 0 Å². The summed E-state index contributed by atoms with van der Waals surface area (Å²) in [4.78, 5) is 0. The maximum absolute atomic E-state index is 8.19. The molecule has 30 valence electrons. The second-order valence-corrected chi connectivity index (χ2v) is 2.06. The third-order valence-electron chi connectivity index (χ3n) is 0.112. The lowest BCUT2D eigenvalue weighted by Crippen LogP contribution is -1.89. The fourth-order valence-corrected chi connectivity index (χ4v) is 0. The Labute approximate surface area is 49.5 Å². The van der Waals surface area contributed by atoms with Crippen molar-refractivity contribution in [1.29, 1.82) is 0 Å². The van der Waals surface area contributed by atoms with Crippen molar-refractivity contribution in [2.24, 2.45) is 0 Å². The Kier molecular flexibility index (Phi) is 3.46. The lowest BCUT2D eigenvalue weighted by Gasteiger charge is -1.80. The van der Waals surface area contributed by atoms with Crippen molar-refractivity contribution < 1.29 is 5.11 Å². The van der Waals surface area contributed by atoms with Crippen molar-refractivity contribution in [2.75, 3.05) is 0 Å². The van der Waals surface area contributed by atoms with Gasteiger partial charge in [-0.05, 0) is 22.6 Å². The minimum atomic E-state index is -0.456. The van der Waals surface area contributed by atoms with Crippen LogP contribution in [-0.4, -0.2) is 14.6 Å². The van der Waals surface area contributed by atoms with Gasteiger partial charge in [0.25, 0.3) is 0 Å². The largest absolute Gasteiger partial charge is 0.378 e.